The molecule has 0 spiro atoms. The quantitative estimate of drug-likeness (QED) is 0.843. The summed E-state index contributed by atoms with van der Waals surface area (Å²) in [6, 6.07) is 9.94. The second kappa shape index (κ2) is 4.97. The average Bonchev–Trinajstić information content (AvgIpc) is 2.46. The highest BCUT2D eigenvalue weighted by Gasteiger charge is 2.21. The number of aromatic nitrogens is 1. The van der Waals surface area contributed by atoms with Gasteiger partial charge in [0.25, 0.3) is 5.91 Å². The van der Waals surface area contributed by atoms with Crippen LogP contribution in [0.15, 0.2) is 36.5 Å². The molecule has 1 aromatic heterocycles. The third kappa shape index (κ3) is 2.44. The Hall–Kier alpha value is -1.94. The van der Waals surface area contributed by atoms with Crippen molar-refractivity contribution in [3.05, 3.63) is 42.1 Å². The summed E-state index contributed by atoms with van der Waals surface area (Å²) in [5.41, 5.74) is 1.67. The molecule has 1 fully saturated rings. The number of carbonyl (C=O) groups excluding carboxylic acids is 1. The lowest BCUT2D eigenvalue weighted by atomic mass is 10.1. The molecule has 2 aromatic rings. The van der Waals surface area contributed by atoms with Crippen LogP contribution >= 0.6 is 0 Å². The minimum atomic E-state index is 0.110. The molecule has 0 unspecified atom stereocenters. The smallest absolute Gasteiger partial charge is 0.253 e. The average molecular weight is 255 g/mol. The van der Waals surface area contributed by atoms with Crippen LogP contribution in [0.2, 0.25) is 0 Å². The summed E-state index contributed by atoms with van der Waals surface area (Å²) in [5.74, 6) is 0.110. The number of piperazine rings is 1. The summed E-state index contributed by atoms with van der Waals surface area (Å²) >= 11 is 0. The Balaban J connectivity index is 1.88. The van der Waals surface area contributed by atoms with Gasteiger partial charge in [0, 0.05) is 42.8 Å². The molecule has 4 heteroatoms. The molecule has 19 heavy (non-hydrogen) atoms. The van der Waals surface area contributed by atoms with Crippen molar-refractivity contribution in [2.45, 2.75) is 13.0 Å². The van der Waals surface area contributed by atoms with Crippen molar-refractivity contribution in [3.8, 4) is 0 Å². The van der Waals surface area contributed by atoms with Crippen molar-refractivity contribution < 1.29 is 4.79 Å². The topological polar surface area (TPSA) is 45.2 Å². The van der Waals surface area contributed by atoms with E-state index in [0.717, 1.165) is 36.1 Å². The van der Waals surface area contributed by atoms with Crippen LogP contribution in [0.1, 0.15) is 17.3 Å². The number of fused-ring (bicyclic) bond motifs is 1. The highest BCUT2D eigenvalue weighted by atomic mass is 16.2. The first kappa shape index (κ1) is 12.1. The van der Waals surface area contributed by atoms with Crippen LogP contribution in [0.3, 0.4) is 0 Å². The first-order valence-electron chi connectivity index (χ1n) is 6.61. The molecule has 4 nitrogen and oxygen atoms in total. The van der Waals surface area contributed by atoms with Gasteiger partial charge in [-0.05, 0) is 31.2 Å². The number of carbonyl (C=O) groups is 1. The van der Waals surface area contributed by atoms with Gasteiger partial charge in [-0.3, -0.25) is 9.78 Å². The first-order chi connectivity index (χ1) is 9.24. The third-order valence-corrected chi connectivity index (χ3v) is 3.51. The lowest BCUT2D eigenvalue weighted by Crippen LogP contribution is -2.51. The summed E-state index contributed by atoms with van der Waals surface area (Å²) < 4.78 is 0. The van der Waals surface area contributed by atoms with E-state index in [0.29, 0.717) is 6.04 Å². The van der Waals surface area contributed by atoms with Gasteiger partial charge in [0.1, 0.15) is 0 Å². The first-order valence-corrected chi connectivity index (χ1v) is 6.61. The van der Waals surface area contributed by atoms with Crippen molar-refractivity contribution in [2.75, 3.05) is 19.6 Å². The summed E-state index contributed by atoms with van der Waals surface area (Å²) in [5, 5.41) is 4.35. The molecule has 1 N–H and O–H groups in total. The van der Waals surface area contributed by atoms with E-state index in [1.165, 1.54) is 0 Å². The van der Waals surface area contributed by atoms with Gasteiger partial charge < -0.3 is 10.2 Å². The highest BCUT2D eigenvalue weighted by molar-refractivity contribution is 5.98. The van der Waals surface area contributed by atoms with Gasteiger partial charge >= 0.3 is 0 Å². The van der Waals surface area contributed by atoms with Gasteiger partial charge in [-0.1, -0.05) is 6.07 Å². The fourth-order valence-electron chi connectivity index (χ4n) is 2.51. The van der Waals surface area contributed by atoms with Crippen LogP contribution in [0.25, 0.3) is 10.9 Å². The molecule has 2 heterocycles. The Kier molecular flexibility index (Phi) is 3.17. The van der Waals surface area contributed by atoms with E-state index in [1.807, 2.05) is 35.2 Å². The summed E-state index contributed by atoms with van der Waals surface area (Å²) in [6.45, 7) is 4.50. The predicted octanol–water partition coefficient (Wildman–Crippen LogP) is 1.67. The van der Waals surface area contributed by atoms with Crippen LogP contribution in [-0.4, -0.2) is 41.5 Å². The lowest BCUT2D eigenvalue weighted by Gasteiger charge is -2.32. The Bertz CT molecular complexity index is 611. The van der Waals surface area contributed by atoms with Crippen molar-refractivity contribution in [1.29, 1.82) is 0 Å². The van der Waals surface area contributed by atoms with Gasteiger partial charge in [0.2, 0.25) is 0 Å². The lowest BCUT2D eigenvalue weighted by molar-refractivity contribution is 0.0709. The second-order valence-electron chi connectivity index (χ2n) is 5.02. The third-order valence-electron chi connectivity index (χ3n) is 3.51. The molecule has 1 aromatic carbocycles. The molecule has 0 bridgehead atoms. The molecule has 98 valence electrons. The van der Waals surface area contributed by atoms with Crippen molar-refractivity contribution in [2.24, 2.45) is 0 Å². The molecule has 0 aliphatic carbocycles. The number of hydrogen-bond donors (Lipinski definition) is 1. The number of nitrogens with one attached hydrogen (secondary N) is 1. The zero-order valence-electron chi connectivity index (χ0n) is 11.0. The van der Waals surface area contributed by atoms with Crippen LogP contribution in [0.4, 0.5) is 0 Å². The zero-order chi connectivity index (χ0) is 13.2. The van der Waals surface area contributed by atoms with Crippen LogP contribution in [-0.2, 0) is 0 Å². The Morgan fingerprint density at radius 2 is 2.32 bits per heavy atom. The fourth-order valence-corrected chi connectivity index (χ4v) is 2.51. The Morgan fingerprint density at radius 3 is 3.16 bits per heavy atom. The van der Waals surface area contributed by atoms with E-state index in [1.54, 1.807) is 6.20 Å². The molecule has 1 aliphatic rings. The molecule has 1 atom stereocenters. The molecule has 0 saturated carbocycles. The van der Waals surface area contributed by atoms with E-state index in [2.05, 4.69) is 17.2 Å². The second-order valence-corrected chi connectivity index (χ2v) is 5.02. The minimum absolute atomic E-state index is 0.110. The van der Waals surface area contributed by atoms with Gasteiger partial charge in [0.15, 0.2) is 0 Å². The van der Waals surface area contributed by atoms with Gasteiger partial charge in [-0.25, -0.2) is 0 Å². The number of amides is 1. The number of pyridine rings is 1. The maximum absolute atomic E-state index is 12.5. The number of rotatable bonds is 1. The van der Waals surface area contributed by atoms with E-state index >= 15 is 0 Å². The maximum atomic E-state index is 12.5. The van der Waals surface area contributed by atoms with Gasteiger partial charge in [-0.2, -0.15) is 0 Å². The van der Waals surface area contributed by atoms with E-state index in [-0.39, 0.29) is 5.91 Å². The van der Waals surface area contributed by atoms with E-state index in [9.17, 15) is 4.79 Å². The largest absolute Gasteiger partial charge is 0.336 e. The Morgan fingerprint density at radius 1 is 1.42 bits per heavy atom. The monoisotopic (exact) mass is 255 g/mol. The SMILES string of the molecule is C[C@H]1CN(C(=O)c2ccc3ncccc3c2)CCN1. The summed E-state index contributed by atoms with van der Waals surface area (Å²) in [4.78, 5) is 18.7. The highest BCUT2D eigenvalue weighted by Crippen LogP contribution is 2.15. The number of hydrogen-bond acceptors (Lipinski definition) is 3. The van der Waals surface area contributed by atoms with Crippen LogP contribution < -0.4 is 5.32 Å². The molecule has 1 aliphatic heterocycles. The fraction of sp³-hybridized carbons (Fsp3) is 0.333. The van der Waals surface area contributed by atoms with Crippen molar-refractivity contribution in [1.82, 2.24) is 15.2 Å². The minimum Gasteiger partial charge on any atom is -0.336 e. The normalized spacial score (nSPS) is 19.6. The molecular weight excluding hydrogens is 238 g/mol. The predicted molar refractivity (Wildman–Crippen MR) is 75.1 cm³/mol. The number of nitrogens with zero attached hydrogens (tertiary/aromatic N) is 2. The van der Waals surface area contributed by atoms with Crippen molar-refractivity contribution >= 4 is 16.8 Å². The van der Waals surface area contributed by atoms with Crippen LogP contribution in [0.5, 0.6) is 0 Å². The standard InChI is InChI=1S/C15H17N3O/c1-11-10-18(8-7-16-11)15(19)13-4-5-14-12(9-13)3-2-6-17-14/h2-6,9,11,16H,7-8,10H2,1H3/t11-/m0/s1. The molecule has 0 radical (unpaired) electrons. The summed E-state index contributed by atoms with van der Waals surface area (Å²) in [7, 11) is 0. The summed E-state index contributed by atoms with van der Waals surface area (Å²) in [6.07, 6.45) is 1.77. The maximum Gasteiger partial charge on any atom is 0.253 e. The Labute approximate surface area is 112 Å². The van der Waals surface area contributed by atoms with Gasteiger partial charge in [0.05, 0.1) is 5.52 Å². The van der Waals surface area contributed by atoms with Crippen molar-refractivity contribution in [3.63, 3.8) is 0 Å². The molecular formula is C15H17N3O. The van der Waals surface area contributed by atoms with Crippen LogP contribution in [0, 0.1) is 0 Å². The van der Waals surface area contributed by atoms with Gasteiger partial charge in [-0.15, -0.1) is 0 Å². The zero-order valence-corrected chi connectivity index (χ0v) is 11.0. The molecule has 3 rings (SSSR count). The van der Waals surface area contributed by atoms with E-state index in [4.69, 9.17) is 0 Å². The van der Waals surface area contributed by atoms with E-state index < -0.39 is 0 Å². The molecule has 1 amide bonds. The molecule has 1 saturated heterocycles. The number of benzene rings is 1.